The number of rotatable bonds is 2. The van der Waals surface area contributed by atoms with Crippen LogP contribution in [0.5, 0.6) is 0 Å². The Morgan fingerprint density at radius 2 is 2.35 bits per heavy atom. The zero-order chi connectivity index (χ0) is 12.0. The van der Waals surface area contributed by atoms with E-state index in [4.69, 9.17) is 0 Å². The van der Waals surface area contributed by atoms with E-state index < -0.39 is 0 Å². The van der Waals surface area contributed by atoms with Gasteiger partial charge >= 0.3 is 0 Å². The number of hydrogen-bond donors (Lipinski definition) is 0. The third-order valence-corrected chi connectivity index (χ3v) is 4.20. The number of thiazole rings is 1. The summed E-state index contributed by atoms with van der Waals surface area (Å²) < 4.78 is 1.88. The molecule has 1 fully saturated rings. The standard InChI is InChI=1S/C12H15N3OS/c1-8-5-9(2)15(6-8)11-10(7-16)14-3-4-17-12(14)13-11/h3-4,7-9H,5-6H2,1-2H3. The Hall–Kier alpha value is -1.36. The van der Waals surface area contributed by atoms with Gasteiger partial charge in [0.15, 0.2) is 17.1 Å². The van der Waals surface area contributed by atoms with Crippen LogP contribution in [0.25, 0.3) is 4.96 Å². The Morgan fingerprint density at radius 1 is 1.53 bits per heavy atom. The second-order valence-electron chi connectivity index (χ2n) is 4.84. The summed E-state index contributed by atoms with van der Waals surface area (Å²) in [6.07, 6.45) is 3.99. The number of nitrogens with zero attached hydrogens (tertiary/aromatic N) is 3. The van der Waals surface area contributed by atoms with Gasteiger partial charge in [-0.15, -0.1) is 11.3 Å². The molecule has 2 unspecified atom stereocenters. The van der Waals surface area contributed by atoms with Crippen molar-refractivity contribution >= 4 is 28.4 Å². The molecule has 0 radical (unpaired) electrons. The summed E-state index contributed by atoms with van der Waals surface area (Å²) in [4.78, 5) is 19.0. The smallest absolute Gasteiger partial charge is 0.196 e. The Balaban J connectivity index is 2.10. The van der Waals surface area contributed by atoms with Gasteiger partial charge in [-0.3, -0.25) is 9.20 Å². The summed E-state index contributed by atoms with van der Waals surface area (Å²) in [7, 11) is 0. The highest BCUT2D eigenvalue weighted by molar-refractivity contribution is 7.15. The largest absolute Gasteiger partial charge is 0.352 e. The normalized spacial score (nSPS) is 24.7. The van der Waals surface area contributed by atoms with Crippen LogP contribution < -0.4 is 4.90 Å². The topological polar surface area (TPSA) is 37.6 Å². The second-order valence-corrected chi connectivity index (χ2v) is 5.71. The summed E-state index contributed by atoms with van der Waals surface area (Å²) in [5.41, 5.74) is 0.683. The zero-order valence-electron chi connectivity index (χ0n) is 9.96. The van der Waals surface area contributed by atoms with Crippen molar-refractivity contribution in [3.8, 4) is 0 Å². The zero-order valence-corrected chi connectivity index (χ0v) is 10.8. The molecule has 1 aliphatic heterocycles. The third kappa shape index (κ3) is 1.57. The molecule has 4 nitrogen and oxygen atoms in total. The molecule has 2 aromatic heterocycles. The molecule has 1 saturated heterocycles. The van der Waals surface area contributed by atoms with E-state index in [1.165, 1.54) is 6.42 Å². The molecular weight excluding hydrogens is 234 g/mol. The van der Waals surface area contributed by atoms with Crippen LogP contribution in [0.3, 0.4) is 0 Å². The van der Waals surface area contributed by atoms with Crippen LogP contribution in [-0.2, 0) is 0 Å². The number of carbonyl (C=O) groups is 1. The highest BCUT2D eigenvalue weighted by atomic mass is 32.1. The van der Waals surface area contributed by atoms with Crippen LogP contribution in [0.15, 0.2) is 11.6 Å². The first kappa shape index (κ1) is 10.8. The van der Waals surface area contributed by atoms with E-state index in [1.807, 2.05) is 16.0 Å². The number of aromatic nitrogens is 2. The Bertz CT molecular complexity index is 559. The van der Waals surface area contributed by atoms with Crippen molar-refractivity contribution < 1.29 is 4.79 Å². The minimum atomic E-state index is 0.466. The Kier molecular flexibility index (Phi) is 2.43. The lowest BCUT2D eigenvalue weighted by Gasteiger charge is -2.21. The van der Waals surface area contributed by atoms with Gasteiger partial charge in [0.2, 0.25) is 0 Å². The lowest BCUT2D eigenvalue weighted by molar-refractivity contribution is 0.111. The fraction of sp³-hybridized carbons (Fsp3) is 0.500. The Labute approximate surface area is 104 Å². The first-order chi connectivity index (χ1) is 8.20. The molecule has 2 atom stereocenters. The number of aldehydes is 1. The maximum Gasteiger partial charge on any atom is 0.196 e. The fourth-order valence-corrected chi connectivity index (χ4v) is 3.42. The van der Waals surface area contributed by atoms with Gasteiger partial charge in [0.25, 0.3) is 0 Å². The molecule has 0 bridgehead atoms. The molecule has 17 heavy (non-hydrogen) atoms. The van der Waals surface area contributed by atoms with Crippen molar-refractivity contribution in [1.82, 2.24) is 9.38 Å². The SMILES string of the molecule is CC1CC(C)N(c2nc3sccn3c2C=O)C1. The van der Waals surface area contributed by atoms with E-state index in [0.717, 1.165) is 23.6 Å². The molecule has 90 valence electrons. The monoisotopic (exact) mass is 249 g/mol. The van der Waals surface area contributed by atoms with Gasteiger partial charge < -0.3 is 4.90 Å². The van der Waals surface area contributed by atoms with Gasteiger partial charge in [-0.1, -0.05) is 6.92 Å². The summed E-state index contributed by atoms with van der Waals surface area (Å²) in [6, 6.07) is 0.466. The maximum atomic E-state index is 11.3. The highest BCUT2D eigenvalue weighted by Crippen LogP contribution is 2.31. The first-order valence-corrected chi connectivity index (χ1v) is 6.76. The maximum absolute atomic E-state index is 11.3. The molecule has 0 aliphatic carbocycles. The minimum absolute atomic E-state index is 0.466. The van der Waals surface area contributed by atoms with Crippen molar-refractivity contribution in [2.75, 3.05) is 11.4 Å². The first-order valence-electron chi connectivity index (χ1n) is 5.88. The van der Waals surface area contributed by atoms with E-state index in [9.17, 15) is 4.79 Å². The fourth-order valence-electron chi connectivity index (χ4n) is 2.71. The van der Waals surface area contributed by atoms with Gasteiger partial charge in [-0.25, -0.2) is 4.98 Å². The van der Waals surface area contributed by atoms with Crippen LogP contribution in [0, 0.1) is 5.92 Å². The Morgan fingerprint density at radius 3 is 3.00 bits per heavy atom. The van der Waals surface area contributed by atoms with Gasteiger partial charge in [-0.05, 0) is 19.3 Å². The summed E-state index contributed by atoms with van der Waals surface area (Å²) in [6.45, 7) is 5.44. The molecule has 0 spiro atoms. The minimum Gasteiger partial charge on any atom is -0.352 e. The molecule has 0 aromatic carbocycles. The number of hydrogen-bond acceptors (Lipinski definition) is 4. The lowest BCUT2D eigenvalue weighted by atomic mass is 10.1. The van der Waals surface area contributed by atoms with E-state index in [2.05, 4.69) is 23.7 Å². The molecule has 2 aromatic rings. The van der Waals surface area contributed by atoms with Crippen molar-refractivity contribution in [3.63, 3.8) is 0 Å². The molecule has 3 rings (SSSR count). The molecule has 0 amide bonds. The number of fused-ring (bicyclic) bond motifs is 1. The summed E-state index contributed by atoms with van der Waals surface area (Å²) in [5.74, 6) is 1.52. The van der Waals surface area contributed by atoms with Gasteiger partial charge in [0, 0.05) is 24.2 Å². The predicted molar refractivity (Wildman–Crippen MR) is 69.0 cm³/mol. The van der Waals surface area contributed by atoms with Crippen LogP contribution in [0.4, 0.5) is 5.82 Å². The average molecular weight is 249 g/mol. The second kappa shape index (κ2) is 3.84. The molecule has 3 heterocycles. The molecule has 5 heteroatoms. The van der Waals surface area contributed by atoms with Crippen molar-refractivity contribution in [3.05, 3.63) is 17.3 Å². The molecule has 0 N–H and O–H groups in total. The lowest BCUT2D eigenvalue weighted by Crippen LogP contribution is -2.28. The highest BCUT2D eigenvalue weighted by Gasteiger charge is 2.30. The van der Waals surface area contributed by atoms with Crippen LogP contribution in [-0.4, -0.2) is 28.3 Å². The van der Waals surface area contributed by atoms with E-state index >= 15 is 0 Å². The van der Waals surface area contributed by atoms with Crippen LogP contribution in [0.2, 0.25) is 0 Å². The van der Waals surface area contributed by atoms with E-state index in [1.54, 1.807) is 11.3 Å². The molecular formula is C12H15N3OS. The van der Waals surface area contributed by atoms with Crippen molar-refractivity contribution in [2.24, 2.45) is 5.92 Å². The average Bonchev–Trinajstić information content (AvgIpc) is 2.91. The van der Waals surface area contributed by atoms with Crippen LogP contribution >= 0.6 is 11.3 Å². The quantitative estimate of drug-likeness (QED) is 0.767. The number of carbonyl (C=O) groups excluding carboxylic acids is 1. The van der Waals surface area contributed by atoms with Gasteiger partial charge in [0.1, 0.15) is 5.69 Å². The van der Waals surface area contributed by atoms with Crippen molar-refractivity contribution in [2.45, 2.75) is 26.3 Å². The number of anilines is 1. The number of imidazole rings is 1. The summed E-state index contributed by atoms with van der Waals surface area (Å²) >= 11 is 1.56. The van der Waals surface area contributed by atoms with E-state index in [-0.39, 0.29) is 0 Å². The van der Waals surface area contributed by atoms with Crippen LogP contribution in [0.1, 0.15) is 30.8 Å². The molecule has 1 aliphatic rings. The van der Waals surface area contributed by atoms with E-state index in [0.29, 0.717) is 17.7 Å². The molecule has 0 saturated carbocycles. The predicted octanol–water partition coefficient (Wildman–Crippen LogP) is 2.44. The third-order valence-electron chi connectivity index (χ3n) is 3.45. The summed E-state index contributed by atoms with van der Waals surface area (Å²) in [5, 5.41) is 1.95. The van der Waals surface area contributed by atoms with Gasteiger partial charge in [-0.2, -0.15) is 0 Å². The van der Waals surface area contributed by atoms with Crippen molar-refractivity contribution in [1.29, 1.82) is 0 Å². The van der Waals surface area contributed by atoms with Gasteiger partial charge in [0.05, 0.1) is 0 Å².